The molecule has 2 amide bonds. The van der Waals surface area contributed by atoms with Crippen LogP contribution in [0.5, 0.6) is 0 Å². The number of piperidine rings is 2. The molecule has 3 fully saturated rings. The molecule has 2 atom stereocenters. The van der Waals surface area contributed by atoms with Crippen molar-refractivity contribution in [2.75, 3.05) is 36.0 Å². The molecular formula is C32H44N6O3S. The Morgan fingerprint density at radius 3 is 2.43 bits per heavy atom. The standard InChI is InChI=1S/C32H42N6O3S.H2/c1-32(2,3)21-28-38(24-11-6-5-10-23(24)35-16-7-4-8-17-35)30(40)26(42-28)20-27(39)36-18-13-22(14-19-36)37-25-12-9-15-33-29(25)34-31(37)41;/h5-6,9-12,15,22,26,28H,4,7-8,13-14,16-21H2,1-3H3,(H,33,34,41);1H. The van der Waals surface area contributed by atoms with Crippen LogP contribution in [0.3, 0.4) is 0 Å². The first kappa shape index (κ1) is 28.8. The zero-order valence-corrected chi connectivity index (χ0v) is 25.7. The van der Waals surface area contributed by atoms with Gasteiger partial charge in [0.2, 0.25) is 11.8 Å². The number of thioether (sulfide) groups is 1. The number of likely N-dealkylation sites (tertiary alicyclic amines) is 1. The molecule has 10 heteroatoms. The molecule has 3 aliphatic rings. The average molecular weight is 593 g/mol. The highest BCUT2D eigenvalue weighted by atomic mass is 32.2. The summed E-state index contributed by atoms with van der Waals surface area (Å²) in [5.41, 5.74) is 3.37. The number of hydrogen-bond donors (Lipinski definition) is 1. The second-order valence-corrected chi connectivity index (χ2v) is 14.5. The molecule has 3 aliphatic heterocycles. The molecule has 0 spiro atoms. The molecule has 2 aromatic heterocycles. The van der Waals surface area contributed by atoms with Crippen molar-refractivity contribution in [2.45, 2.75) is 82.4 Å². The van der Waals surface area contributed by atoms with E-state index in [1.165, 1.54) is 19.3 Å². The summed E-state index contributed by atoms with van der Waals surface area (Å²) in [4.78, 5) is 53.7. The lowest BCUT2D eigenvalue weighted by Crippen LogP contribution is -2.42. The summed E-state index contributed by atoms with van der Waals surface area (Å²) in [6.45, 7) is 9.80. The quantitative estimate of drug-likeness (QED) is 0.411. The van der Waals surface area contributed by atoms with Gasteiger partial charge in [-0.05, 0) is 68.2 Å². The summed E-state index contributed by atoms with van der Waals surface area (Å²) >= 11 is 1.65. The molecule has 226 valence electrons. The minimum Gasteiger partial charge on any atom is -0.370 e. The lowest BCUT2D eigenvalue weighted by atomic mass is 9.91. The van der Waals surface area contributed by atoms with E-state index < -0.39 is 5.25 Å². The molecule has 0 aliphatic carbocycles. The van der Waals surface area contributed by atoms with Gasteiger partial charge in [-0.15, -0.1) is 11.8 Å². The summed E-state index contributed by atoms with van der Waals surface area (Å²) < 4.78 is 1.79. The van der Waals surface area contributed by atoms with E-state index >= 15 is 0 Å². The normalized spacial score (nSPS) is 22.4. The van der Waals surface area contributed by atoms with Gasteiger partial charge in [-0.2, -0.15) is 0 Å². The van der Waals surface area contributed by atoms with Crippen LogP contribution in [0.2, 0.25) is 0 Å². The lowest BCUT2D eigenvalue weighted by molar-refractivity contribution is -0.133. The van der Waals surface area contributed by atoms with Crippen molar-refractivity contribution < 1.29 is 11.0 Å². The summed E-state index contributed by atoms with van der Waals surface area (Å²) in [5.74, 6) is 0.0627. The van der Waals surface area contributed by atoms with Crippen LogP contribution in [0.25, 0.3) is 11.2 Å². The number of carbonyl (C=O) groups is 2. The molecular weight excluding hydrogens is 548 g/mol. The second kappa shape index (κ2) is 11.8. The SMILES string of the molecule is CC(C)(C)CC1SC(CC(=O)N2CCC(n3c(=O)[nH]c4ncccc43)CC2)C(=O)N1c1ccccc1N1CCCCC1.[HH]. The minimum absolute atomic E-state index is 0. The van der Waals surface area contributed by atoms with E-state index in [4.69, 9.17) is 0 Å². The Hall–Kier alpha value is -3.27. The molecule has 0 bridgehead atoms. The first-order chi connectivity index (χ1) is 20.2. The van der Waals surface area contributed by atoms with Crippen molar-refractivity contribution in [1.29, 1.82) is 0 Å². The third-order valence-electron chi connectivity index (χ3n) is 8.78. The van der Waals surface area contributed by atoms with Gasteiger partial charge in [0.1, 0.15) is 0 Å². The number of fused-ring (bicyclic) bond motifs is 1. The molecule has 0 radical (unpaired) electrons. The number of amides is 2. The Balaban J connectivity index is 0.00000368. The monoisotopic (exact) mass is 592 g/mol. The van der Waals surface area contributed by atoms with Crippen LogP contribution >= 0.6 is 11.8 Å². The van der Waals surface area contributed by atoms with Gasteiger partial charge in [0.25, 0.3) is 0 Å². The largest absolute Gasteiger partial charge is 0.370 e. The van der Waals surface area contributed by atoms with Crippen molar-refractivity contribution in [3.63, 3.8) is 0 Å². The summed E-state index contributed by atoms with van der Waals surface area (Å²) in [6.07, 6.45) is 7.70. The maximum atomic E-state index is 14.1. The molecule has 5 heterocycles. The maximum Gasteiger partial charge on any atom is 0.327 e. The minimum atomic E-state index is -0.403. The Morgan fingerprint density at radius 2 is 1.71 bits per heavy atom. The highest BCUT2D eigenvalue weighted by molar-refractivity contribution is 8.02. The van der Waals surface area contributed by atoms with Crippen LogP contribution in [-0.4, -0.2) is 68.1 Å². The molecule has 1 N–H and O–H groups in total. The van der Waals surface area contributed by atoms with Crippen molar-refractivity contribution in [1.82, 2.24) is 19.4 Å². The fraction of sp³-hybridized carbons (Fsp3) is 0.562. The number of benzene rings is 1. The predicted molar refractivity (Wildman–Crippen MR) is 171 cm³/mol. The van der Waals surface area contributed by atoms with Crippen LogP contribution in [-0.2, 0) is 9.59 Å². The Kier molecular flexibility index (Phi) is 8.09. The number of para-hydroxylation sites is 2. The van der Waals surface area contributed by atoms with E-state index in [0.717, 1.165) is 36.4 Å². The number of carbonyl (C=O) groups excluding carboxylic acids is 2. The Morgan fingerprint density at radius 1 is 1.00 bits per heavy atom. The lowest BCUT2D eigenvalue weighted by Gasteiger charge is -2.35. The first-order valence-corrected chi connectivity index (χ1v) is 16.3. The zero-order chi connectivity index (χ0) is 29.4. The molecule has 0 saturated carbocycles. The number of pyridine rings is 1. The predicted octanol–water partition coefficient (Wildman–Crippen LogP) is 5.43. The number of nitrogens with one attached hydrogen (secondary N) is 1. The van der Waals surface area contributed by atoms with Crippen molar-refractivity contribution >= 4 is 46.1 Å². The highest BCUT2D eigenvalue weighted by Crippen LogP contribution is 2.45. The maximum absolute atomic E-state index is 14.1. The van der Waals surface area contributed by atoms with Crippen LogP contribution in [0.1, 0.15) is 73.2 Å². The van der Waals surface area contributed by atoms with Gasteiger partial charge in [0.15, 0.2) is 5.65 Å². The number of aromatic amines is 1. The zero-order valence-electron chi connectivity index (χ0n) is 24.9. The number of H-pyrrole nitrogens is 1. The highest BCUT2D eigenvalue weighted by Gasteiger charge is 2.45. The van der Waals surface area contributed by atoms with Gasteiger partial charge in [-0.3, -0.25) is 24.0 Å². The van der Waals surface area contributed by atoms with E-state index in [0.29, 0.717) is 31.6 Å². The van der Waals surface area contributed by atoms with Crippen LogP contribution in [0.4, 0.5) is 11.4 Å². The Labute approximate surface area is 253 Å². The number of anilines is 2. The van der Waals surface area contributed by atoms with Gasteiger partial charge in [-0.1, -0.05) is 32.9 Å². The van der Waals surface area contributed by atoms with E-state index in [2.05, 4.69) is 53.8 Å². The molecule has 9 nitrogen and oxygen atoms in total. The molecule has 3 aromatic rings. The van der Waals surface area contributed by atoms with Crippen molar-refractivity contribution in [2.24, 2.45) is 5.41 Å². The average Bonchev–Trinajstić information content (AvgIpc) is 3.47. The van der Waals surface area contributed by atoms with Crippen molar-refractivity contribution in [3.8, 4) is 0 Å². The molecule has 2 unspecified atom stereocenters. The summed E-state index contributed by atoms with van der Waals surface area (Å²) in [6, 6.07) is 12.1. The van der Waals surface area contributed by atoms with Gasteiger partial charge in [0, 0.05) is 46.3 Å². The molecule has 42 heavy (non-hydrogen) atoms. The van der Waals surface area contributed by atoms with Crippen LogP contribution < -0.4 is 15.5 Å². The fourth-order valence-corrected chi connectivity index (χ4v) is 8.51. The smallest absolute Gasteiger partial charge is 0.327 e. The number of hydrogen-bond acceptors (Lipinski definition) is 6. The number of rotatable bonds is 6. The van der Waals surface area contributed by atoms with Gasteiger partial charge < -0.3 is 9.80 Å². The van der Waals surface area contributed by atoms with Crippen LogP contribution in [0, 0.1) is 5.41 Å². The second-order valence-electron chi connectivity index (χ2n) is 13.1. The van der Waals surface area contributed by atoms with Gasteiger partial charge in [-0.25, -0.2) is 9.78 Å². The number of aromatic nitrogens is 3. The molecule has 6 rings (SSSR count). The molecule has 3 saturated heterocycles. The fourth-order valence-electron chi connectivity index (χ4n) is 6.73. The van der Waals surface area contributed by atoms with E-state index in [1.54, 1.807) is 22.5 Å². The topological polar surface area (TPSA) is 94.5 Å². The molecule has 1 aromatic carbocycles. The van der Waals surface area contributed by atoms with E-state index in [9.17, 15) is 14.4 Å². The van der Waals surface area contributed by atoms with E-state index in [1.807, 2.05) is 28.0 Å². The summed E-state index contributed by atoms with van der Waals surface area (Å²) in [5, 5.41) is -0.423. The van der Waals surface area contributed by atoms with Gasteiger partial charge in [0.05, 0.1) is 27.5 Å². The first-order valence-electron chi connectivity index (χ1n) is 15.3. The summed E-state index contributed by atoms with van der Waals surface area (Å²) in [7, 11) is 0. The third-order valence-corrected chi connectivity index (χ3v) is 10.2. The van der Waals surface area contributed by atoms with E-state index in [-0.39, 0.29) is 42.2 Å². The van der Waals surface area contributed by atoms with Crippen LogP contribution in [0.15, 0.2) is 47.4 Å². The number of nitrogens with zero attached hydrogens (tertiary/aromatic N) is 5. The van der Waals surface area contributed by atoms with Crippen molar-refractivity contribution in [3.05, 3.63) is 53.1 Å². The van der Waals surface area contributed by atoms with Gasteiger partial charge >= 0.3 is 5.69 Å². The number of imidazole rings is 1. The third kappa shape index (κ3) is 5.82. The Bertz CT molecular complexity index is 1500.